The highest BCUT2D eigenvalue weighted by molar-refractivity contribution is 5.46. The summed E-state index contributed by atoms with van der Waals surface area (Å²) in [5.41, 5.74) is 1.90. The Morgan fingerprint density at radius 1 is 1.08 bits per heavy atom. The molecular formula is C22H26N2O2. The summed E-state index contributed by atoms with van der Waals surface area (Å²) < 4.78 is 5.22. The lowest BCUT2D eigenvalue weighted by Gasteiger charge is -2.48. The van der Waals surface area contributed by atoms with Gasteiger partial charge in [0.1, 0.15) is 5.75 Å². The normalized spacial score (nSPS) is 26.3. The lowest BCUT2D eigenvalue weighted by Crippen LogP contribution is -2.54. The predicted octanol–water partition coefficient (Wildman–Crippen LogP) is 4.22. The highest BCUT2D eigenvalue weighted by atomic mass is 16.5. The van der Waals surface area contributed by atoms with Gasteiger partial charge in [0, 0.05) is 31.5 Å². The van der Waals surface area contributed by atoms with Crippen LogP contribution in [-0.4, -0.2) is 30.2 Å². The topological polar surface area (TPSA) is 37.1 Å². The van der Waals surface area contributed by atoms with Gasteiger partial charge in [0.15, 0.2) is 5.69 Å². The first-order valence-electron chi connectivity index (χ1n) is 9.03. The summed E-state index contributed by atoms with van der Waals surface area (Å²) in [5.74, 6) is 1.07. The van der Waals surface area contributed by atoms with Crippen LogP contribution in [0, 0.1) is 18.4 Å². The van der Waals surface area contributed by atoms with Gasteiger partial charge in [0.05, 0.1) is 19.3 Å². The van der Waals surface area contributed by atoms with Gasteiger partial charge in [-0.25, -0.2) is 4.85 Å². The van der Waals surface area contributed by atoms with Crippen molar-refractivity contribution in [2.24, 2.45) is 11.8 Å². The Balaban J connectivity index is 1.74. The van der Waals surface area contributed by atoms with Crippen molar-refractivity contribution in [3.8, 4) is 5.75 Å². The van der Waals surface area contributed by atoms with Gasteiger partial charge in [-0.1, -0.05) is 50.2 Å². The van der Waals surface area contributed by atoms with E-state index in [4.69, 9.17) is 11.3 Å². The zero-order valence-corrected chi connectivity index (χ0v) is 15.6. The van der Waals surface area contributed by atoms with Crippen LogP contribution in [0.25, 0.3) is 4.85 Å². The number of piperidine rings is 1. The second-order valence-corrected chi connectivity index (χ2v) is 7.33. The third kappa shape index (κ3) is 3.46. The fourth-order valence-corrected chi connectivity index (χ4v) is 4.10. The van der Waals surface area contributed by atoms with Gasteiger partial charge in [0.2, 0.25) is 0 Å². The van der Waals surface area contributed by atoms with Crippen LogP contribution in [0.3, 0.4) is 0 Å². The van der Waals surface area contributed by atoms with Crippen LogP contribution >= 0.6 is 0 Å². The molecule has 0 amide bonds. The van der Waals surface area contributed by atoms with Crippen molar-refractivity contribution in [3.63, 3.8) is 0 Å². The van der Waals surface area contributed by atoms with Crippen molar-refractivity contribution in [2.75, 3.05) is 20.2 Å². The number of nitrogens with zero attached hydrogens (tertiary/aromatic N) is 2. The largest absolute Gasteiger partial charge is 0.497 e. The minimum Gasteiger partial charge on any atom is -0.497 e. The van der Waals surface area contributed by atoms with Crippen LogP contribution in [0.15, 0.2) is 48.5 Å². The molecule has 1 fully saturated rings. The van der Waals surface area contributed by atoms with Crippen molar-refractivity contribution in [2.45, 2.75) is 26.0 Å². The molecule has 1 aliphatic heterocycles. The number of aliphatic hydroxyl groups is 1. The maximum absolute atomic E-state index is 11.5. The highest BCUT2D eigenvalue weighted by Crippen LogP contribution is 2.42. The molecule has 3 atom stereocenters. The van der Waals surface area contributed by atoms with Crippen LogP contribution in [0.1, 0.15) is 25.0 Å². The molecular weight excluding hydrogens is 324 g/mol. The van der Waals surface area contributed by atoms with E-state index in [0.717, 1.165) is 30.9 Å². The van der Waals surface area contributed by atoms with Crippen LogP contribution in [0.5, 0.6) is 5.75 Å². The van der Waals surface area contributed by atoms with E-state index in [1.54, 1.807) is 19.2 Å². The lowest BCUT2D eigenvalue weighted by atomic mass is 9.70. The molecule has 3 rings (SSSR count). The maximum Gasteiger partial charge on any atom is 0.187 e. The van der Waals surface area contributed by atoms with Crippen molar-refractivity contribution < 1.29 is 9.84 Å². The summed E-state index contributed by atoms with van der Waals surface area (Å²) >= 11 is 0. The van der Waals surface area contributed by atoms with E-state index in [1.807, 2.05) is 24.3 Å². The van der Waals surface area contributed by atoms with Crippen LogP contribution < -0.4 is 4.74 Å². The fourth-order valence-electron chi connectivity index (χ4n) is 4.10. The molecule has 0 spiro atoms. The Morgan fingerprint density at radius 3 is 2.15 bits per heavy atom. The van der Waals surface area contributed by atoms with Gasteiger partial charge in [-0.2, -0.15) is 0 Å². The molecule has 1 aliphatic rings. The summed E-state index contributed by atoms with van der Waals surface area (Å²) in [6, 6.07) is 15.6. The number of methoxy groups -OCH3 is 1. The third-order valence-corrected chi connectivity index (χ3v) is 5.59. The first-order valence-corrected chi connectivity index (χ1v) is 9.03. The summed E-state index contributed by atoms with van der Waals surface area (Å²) in [4.78, 5) is 5.84. The molecule has 0 radical (unpaired) electrons. The third-order valence-electron chi connectivity index (χ3n) is 5.59. The monoisotopic (exact) mass is 350 g/mol. The van der Waals surface area contributed by atoms with Crippen molar-refractivity contribution in [1.29, 1.82) is 0 Å². The average molecular weight is 350 g/mol. The molecule has 1 N–H and O–H groups in total. The highest BCUT2D eigenvalue weighted by Gasteiger charge is 2.45. The van der Waals surface area contributed by atoms with Gasteiger partial charge in [-0.05, 0) is 23.3 Å². The predicted molar refractivity (Wildman–Crippen MR) is 103 cm³/mol. The van der Waals surface area contributed by atoms with Crippen LogP contribution in [-0.2, 0) is 12.1 Å². The number of hydrogen-bond acceptors (Lipinski definition) is 3. The van der Waals surface area contributed by atoms with E-state index in [2.05, 4.69) is 35.7 Å². The Labute approximate surface area is 155 Å². The molecule has 2 aromatic rings. The molecule has 1 heterocycles. The van der Waals surface area contributed by atoms with E-state index in [1.165, 1.54) is 5.56 Å². The van der Waals surface area contributed by atoms with Gasteiger partial charge in [-0.15, -0.1) is 0 Å². The number of benzene rings is 2. The first kappa shape index (κ1) is 18.4. The summed E-state index contributed by atoms with van der Waals surface area (Å²) in [6.45, 7) is 13.8. The number of ether oxygens (including phenoxy) is 1. The fraction of sp³-hybridized carbons (Fsp3) is 0.409. The van der Waals surface area contributed by atoms with Gasteiger partial charge in [-0.3, -0.25) is 4.90 Å². The quantitative estimate of drug-likeness (QED) is 0.839. The molecule has 136 valence electrons. The Bertz CT molecular complexity index is 765. The Hall–Kier alpha value is -2.35. The average Bonchev–Trinajstić information content (AvgIpc) is 2.66. The van der Waals surface area contributed by atoms with Crippen LogP contribution in [0.2, 0.25) is 0 Å². The van der Waals surface area contributed by atoms with E-state index < -0.39 is 5.60 Å². The maximum atomic E-state index is 11.5. The molecule has 4 heteroatoms. The van der Waals surface area contributed by atoms with Crippen LogP contribution in [0.4, 0.5) is 5.69 Å². The molecule has 1 saturated heterocycles. The molecule has 0 saturated carbocycles. The molecule has 2 aromatic carbocycles. The zero-order chi connectivity index (χ0) is 18.7. The standard InChI is InChI=1S/C22H26N2O2/c1-16-13-24(15-18-5-11-21(26-4)12-6-18)14-17(2)22(16,25)19-7-9-20(23-3)10-8-19/h5-12,16-17,25H,13-15H2,1-2,4H3/t16-,17+,22+. The Morgan fingerprint density at radius 2 is 1.65 bits per heavy atom. The smallest absolute Gasteiger partial charge is 0.187 e. The number of likely N-dealkylation sites (tertiary alicyclic amines) is 1. The van der Waals surface area contributed by atoms with Gasteiger partial charge >= 0.3 is 0 Å². The van der Waals surface area contributed by atoms with Crippen molar-refractivity contribution in [3.05, 3.63) is 71.1 Å². The van der Waals surface area contributed by atoms with Crippen molar-refractivity contribution in [1.82, 2.24) is 4.90 Å². The molecule has 0 bridgehead atoms. The molecule has 0 aliphatic carbocycles. The summed E-state index contributed by atoms with van der Waals surface area (Å²) in [6.07, 6.45) is 0. The summed E-state index contributed by atoms with van der Waals surface area (Å²) in [5, 5.41) is 11.5. The van der Waals surface area contributed by atoms with Crippen molar-refractivity contribution >= 4 is 5.69 Å². The SMILES string of the molecule is [C-]#[N+]c1ccc([C@]2(O)[C@H](C)CN(Cc3ccc(OC)cc3)C[C@@H]2C)cc1. The Kier molecular flexibility index (Phi) is 5.31. The minimum atomic E-state index is -0.864. The molecule has 0 unspecified atom stereocenters. The van der Waals surface area contributed by atoms with E-state index in [9.17, 15) is 5.11 Å². The van der Waals surface area contributed by atoms with Gasteiger partial charge < -0.3 is 9.84 Å². The first-order chi connectivity index (χ1) is 12.5. The second-order valence-electron chi connectivity index (χ2n) is 7.33. The van der Waals surface area contributed by atoms with E-state index in [-0.39, 0.29) is 11.8 Å². The summed E-state index contributed by atoms with van der Waals surface area (Å²) in [7, 11) is 1.68. The van der Waals surface area contributed by atoms with E-state index >= 15 is 0 Å². The second kappa shape index (κ2) is 7.49. The number of rotatable bonds is 4. The lowest BCUT2D eigenvalue weighted by molar-refractivity contribution is -0.114. The zero-order valence-electron chi connectivity index (χ0n) is 15.6. The molecule has 4 nitrogen and oxygen atoms in total. The minimum absolute atomic E-state index is 0.100. The molecule has 0 aromatic heterocycles. The van der Waals surface area contributed by atoms with Gasteiger partial charge in [0.25, 0.3) is 0 Å². The molecule has 26 heavy (non-hydrogen) atoms. The number of hydrogen-bond donors (Lipinski definition) is 1. The van der Waals surface area contributed by atoms with E-state index in [0.29, 0.717) is 5.69 Å².